The Balaban J connectivity index is 1.53. The van der Waals surface area contributed by atoms with Gasteiger partial charge in [0.1, 0.15) is 0 Å². The molecule has 176 valence electrons. The average Bonchev–Trinajstić information content (AvgIpc) is 3.35. The van der Waals surface area contributed by atoms with Gasteiger partial charge in [-0.15, -0.1) is 0 Å². The number of aromatic hydroxyl groups is 1. The number of esters is 1. The van der Waals surface area contributed by atoms with Gasteiger partial charge in [-0.1, -0.05) is 24.3 Å². The maximum atomic E-state index is 13.2. The second-order valence-electron chi connectivity index (χ2n) is 7.89. The highest BCUT2D eigenvalue weighted by atomic mass is 16.7. The molecule has 0 radical (unpaired) electrons. The Morgan fingerprint density at radius 1 is 1.06 bits per heavy atom. The summed E-state index contributed by atoms with van der Waals surface area (Å²) in [5.74, 6) is 0.648. The van der Waals surface area contributed by atoms with Gasteiger partial charge < -0.3 is 19.3 Å². The summed E-state index contributed by atoms with van der Waals surface area (Å²) in [4.78, 5) is 29.6. The Labute approximate surface area is 200 Å². The van der Waals surface area contributed by atoms with E-state index in [1.807, 2.05) is 6.07 Å². The molecule has 4 aromatic rings. The Bertz CT molecular complexity index is 1510. The molecule has 0 saturated carbocycles. The topological polar surface area (TPSA) is 99.3 Å². The van der Waals surface area contributed by atoms with Crippen LogP contribution < -0.4 is 15.0 Å². The first-order valence-corrected chi connectivity index (χ1v) is 11.1. The molecule has 1 aromatic heterocycles. The Morgan fingerprint density at radius 3 is 2.57 bits per heavy atom. The van der Waals surface area contributed by atoms with Crippen molar-refractivity contribution >= 4 is 28.6 Å². The minimum atomic E-state index is -0.401. The number of hydrogen-bond donors (Lipinski definition) is 1. The summed E-state index contributed by atoms with van der Waals surface area (Å²) in [7, 11) is 0. The van der Waals surface area contributed by atoms with Crippen LogP contribution in [0.3, 0.4) is 0 Å². The molecular formula is C27H22N2O6. The van der Waals surface area contributed by atoms with E-state index in [4.69, 9.17) is 14.2 Å². The van der Waals surface area contributed by atoms with Gasteiger partial charge >= 0.3 is 5.97 Å². The van der Waals surface area contributed by atoms with Gasteiger partial charge in [0.2, 0.25) is 12.7 Å². The lowest BCUT2D eigenvalue weighted by atomic mass is 10.1. The highest BCUT2D eigenvalue weighted by molar-refractivity contribution is 6.02. The van der Waals surface area contributed by atoms with E-state index in [1.165, 1.54) is 10.8 Å². The van der Waals surface area contributed by atoms with Crippen molar-refractivity contribution in [3.63, 3.8) is 0 Å². The van der Waals surface area contributed by atoms with Crippen molar-refractivity contribution in [3.8, 4) is 17.4 Å². The normalized spacial score (nSPS) is 12.4. The first-order valence-electron chi connectivity index (χ1n) is 11.1. The molecule has 2 heterocycles. The number of hydrogen-bond acceptors (Lipinski definition) is 7. The van der Waals surface area contributed by atoms with Gasteiger partial charge in [-0.3, -0.25) is 14.4 Å². The molecule has 1 N–H and O–H groups in total. The van der Waals surface area contributed by atoms with Crippen molar-refractivity contribution in [1.82, 2.24) is 4.57 Å². The van der Waals surface area contributed by atoms with Gasteiger partial charge in [-0.05, 0) is 55.0 Å². The highest BCUT2D eigenvalue weighted by Crippen LogP contribution is 2.33. The van der Waals surface area contributed by atoms with Crippen LogP contribution in [-0.2, 0) is 11.3 Å². The number of fused-ring (bicyclic) bond motifs is 2. The molecule has 0 amide bonds. The standard InChI is InChI=1S/C27H22N2O6/c1-2-33-27(32)18-8-10-19(11-9-18)28-14-22-20-5-3-4-6-21(20)25(30)29(26(22)31)15-17-7-12-23-24(13-17)35-16-34-23/h3-14,31H,2,15-16H2,1H3. The number of aliphatic imine (C=N–C) groups is 1. The summed E-state index contributed by atoms with van der Waals surface area (Å²) < 4.78 is 17.1. The van der Waals surface area contributed by atoms with Crippen LogP contribution in [0.15, 0.2) is 76.5 Å². The lowest BCUT2D eigenvalue weighted by Crippen LogP contribution is -2.22. The van der Waals surface area contributed by atoms with Crippen molar-refractivity contribution in [2.24, 2.45) is 4.99 Å². The van der Waals surface area contributed by atoms with Crippen LogP contribution in [0.25, 0.3) is 10.8 Å². The van der Waals surface area contributed by atoms with Crippen LogP contribution in [0.2, 0.25) is 0 Å². The van der Waals surface area contributed by atoms with Gasteiger partial charge in [0.25, 0.3) is 5.56 Å². The van der Waals surface area contributed by atoms with E-state index in [2.05, 4.69) is 4.99 Å². The zero-order chi connectivity index (χ0) is 24.4. The molecule has 8 nitrogen and oxygen atoms in total. The predicted molar refractivity (Wildman–Crippen MR) is 131 cm³/mol. The fourth-order valence-corrected chi connectivity index (χ4v) is 3.94. The van der Waals surface area contributed by atoms with E-state index >= 15 is 0 Å². The van der Waals surface area contributed by atoms with Crippen LogP contribution >= 0.6 is 0 Å². The largest absolute Gasteiger partial charge is 0.494 e. The number of rotatable bonds is 6. The van der Waals surface area contributed by atoms with Gasteiger partial charge in [-0.25, -0.2) is 4.79 Å². The quantitative estimate of drug-likeness (QED) is 0.331. The van der Waals surface area contributed by atoms with E-state index in [0.717, 1.165) is 5.56 Å². The van der Waals surface area contributed by atoms with Crippen molar-refractivity contribution in [1.29, 1.82) is 0 Å². The molecule has 0 fully saturated rings. The van der Waals surface area contributed by atoms with Crippen LogP contribution in [0.5, 0.6) is 17.4 Å². The second-order valence-corrected chi connectivity index (χ2v) is 7.89. The van der Waals surface area contributed by atoms with Crippen LogP contribution in [0, 0.1) is 0 Å². The molecule has 8 heteroatoms. The molecule has 0 saturated heterocycles. The maximum Gasteiger partial charge on any atom is 0.338 e. The van der Waals surface area contributed by atoms with Crippen molar-refractivity contribution in [2.45, 2.75) is 13.5 Å². The third-order valence-corrected chi connectivity index (χ3v) is 5.69. The Morgan fingerprint density at radius 2 is 1.80 bits per heavy atom. The second kappa shape index (κ2) is 9.34. The zero-order valence-electron chi connectivity index (χ0n) is 18.9. The molecule has 0 aliphatic carbocycles. The maximum absolute atomic E-state index is 13.2. The van der Waals surface area contributed by atoms with Crippen molar-refractivity contribution < 1.29 is 24.1 Å². The third-order valence-electron chi connectivity index (χ3n) is 5.69. The van der Waals surface area contributed by atoms with Crippen LogP contribution in [-0.4, -0.2) is 35.3 Å². The minimum absolute atomic E-state index is 0.140. The molecule has 5 rings (SSSR count). The number of benzene rings is 3. The monoisotopic (exact) mass is 470 g/mol. The van der Waals surface area contributed by atoms with Crippen molar-refractivity contribution in [2.75, 3.05) is 13.4 Å². The van der Waals surface area contributed by atoms with Gasteiger partial charge in [0.15, 0.2) is 11.5 Å². The summed E-state index contributed by atoms with van der Waals surface area (Å²) in [6.45, 7) is 2.34. The molecule has 3 aromatic carbocycles. The SMILES string of the molecule is CCOC(=O)c1ccc(N=Cc2c(O)n(Cc3ccc4c(c3)OCO4)c(=O)c3ccccc23)cc1. The summed E-state index contributed by atoms with van der Waals surface area (Å²) in [6, 6.07) is 19.1. The highest BCUT2D eigenvalue weighted by Gasteiger charge is 2.18. The number of carbonyl (C=O) groups excluding carboxylic acids is 1. The number of nitrogens with zero attached hydrogens (tertiary/aromatic N) is 2. The van der Waals surface area contributed by atoms with Crippen LogP contribution in [0.1, 0.15) is 28.4 Å². The van der Waals surface area contributed by atoms with E-state index < -0.39 is 5.97 Å². The number of aromatic nitrogens is 1. The third kappa shape index (κ3) is 4.33. The fourth-order valence-electron chi connectivity index (χ4n) is 3.94. The van der Waals surface area contributed by atoms with E-state index in [-0.39, 0.29) is 24.8 Å². The molecule has 0 atom stereocenters. The molecule has 1 aliphatic rings. The summed E-state index contributed by atoms with van der Waals surface area (Å²) >= 11 is 0. The van der Waals surface area contributed by atoms with E-state index in [0.29, 0.717) is 45.7 Å². The first-order chi connectivity index (χ1) is 17.0. The van der Waals surface area contributed by atoms with Crippen molar-refractivity contribution in [3.05, 3.63) is 93.8 Å². The van der Waals surface area contributed by atoms with E-state index in [9.17, 15) is 14.7 Å². The molecule has 0 unspecified atom stereocenters. The number of carbonyl (C=O) groups is 1. The molecular weight excluding hydrogens is 448 g/mol. The Kier molecular flexibility index (Phi) is 5.93. The molecule has 35 heavy (non-hydrogen) atoms. The van der Waals surface area contributed by atoms with Gasteiger partial charge in [0.05, 0.1) is 30.0 Å². The lowest BCUT2D eigenvalue weighted by molar-refractivity contribution is 0.0526. The summed E-state index contributed by atoms with van der Waals surface area (Å²) in [5.41, 5.74) is 1.88. The first kappa shape index (κ1) is 22.2. The number of pyridine rings is 1. The molecule has 0 spiro atoms. The molecule has 0 bridgehead atoms. The smallest absolute Gasteiger partial charge is 0.338 e. The zero-order valence-corrected chi connectivity index (χ0v) is 18.9. The number of ether oxygens (including phenoxy) is 3. The van der Waals surface area contributed by atoms with Crippen LogP contribution in [0.4, 0.5) is 5.69 Å². The molecule has 1 aliphatic heterocycles. The lowest BCUT2D eigenvalue weighted by Gasteiger charge is -2.14. The fraction of sp³-hybridized carbons (Fsp3) is 0.148. The minimum Gasteiger partial charge on any atom is -0.494 e. The van der Waals surface area contributed by atoms with E-state index in [1.54, 1.807) is 67.6 Å². The van der Waals surface area contributed by atoms with Gasteiger partial charge in [-0.2, -0.15) is 0 Å². The van der Waals surface area contributed by atoms with Gasteiger partial charge in [0, 0.05) is 17.0 Å². The summed E-state index contributed by atoms with van der Waals surface area (Å²) in [6.07, 6.45) is 1.52. The Hall–Kier alpha value is -4.59. The average molecular weight is 470 g/mol. The summed E-state index contributed by atoms with van der Waals surface area (Å²) in [5, 5.41) is 12.2. The predicted octanol–water partition coefficient (Wildman–Crippen LogP) is 4.41.